The molecule has 92 valence electrons. The predicted octanol–water partition coefficient (Wildman–Crippen LogP) is 2.26. The van der Waals surface area contributed by atoms with Crippen molar-refractivity contribution in [1.29, 1.82) is 0 Å². The van der Waals surface area contributed by atoms with Gasteiger partial charge in [-0.25, -0.2) is 0 Å². The van der Waals surface area contributed by atoms with E-state index in [1.54, 1.807) is 12.4 Å². The van der Waals surface area contributed by atoms with Crippen LogP contribution in [-0.2, 0) is 6.54 Å². The molecule has 18 heavy (non-hydrogen) atoms. The lowest BCUT2D eigenvalue weighted by Gasteiger charge is -2.17. The van der Waals surface area contributed by atoms with Crippen LogP contribution in [0.1, 0.15) is 16.2 Å². The molecule has 1 N–H and O–H groups in total. The van der Waals surface area contributed by atoms with Crippen molar-refractivity contribution in [2.24, 2.45) is 0 Å². The lowest BCUT2D eigenvalue weighted by molar-refractivity contribution is 0.0927. The molecule has 0 atom stereocenters. The molecule has 1 aliphatic heterocycles. The Kier molecular flexibility index (Phi) is 2.59. The maximum Gasteiger partial charge on any atom is 0.269 e. The number of rotatable bonds is 1. The van der Waals surface area contributed by atoms with Gasteiger partial charge >= 0.3 is 0 Å². The lowest BCUT2D eigenvalue weighted by atomic mass is 10.1. The Labute approximate surface area is 110 Å². The molecular formula is C13H12ClN3O. The van der Waals surface area contributed by atoms with Crippen LogP contribution in [0.2, 0.25) is 5.02 Å². The van der Waals surface area contributed by atoms with Gasteiger partial charge in [-0.2, -0.15) is 0 Å². The molecule has 4 nitrogen and oxygen atoms in total. The van der Waals surface area contributed by atoms with Crippen LogP contribution in [0.15, 0.2) is 24.5 Å². The lowest BCUT2D eigenvalue weighted by Crippen LogP contribution is -2.35. The molecule has 0 aliphatic carbocycles. The van der Waals surface area contributed by atoms with E-state index in [2.05, 4.69) is 10.3 Å². The van der Waals surface area contributed by atoms with E-state index in [0.717, 1.165) is 23.4 Å². The van der Waals surface area contributed by atoms with E-state index in [1.807, 2.05) is 23.6 Å². The van der Waals surface area contributed by atoms with Crippen LogP contribution >= 0.6 is 11.6 Å². The van der Waals surface area contributed by atoms with Crippen molar-refractivity contribution >= 4 is 17.5 Å². The van der Waals surface area contributed by atoms with Gasteiger partial charge in [0.1, 0.15) is 5.69 Å². The molecule has 0 saturated carbocycles. The summed E-state index contributed by atoms with van der Waals surface area (Å²) >= 11 is 6.37. The number of nitrogens with one attached hydrogen (secondary N) is 1. The fourth-order valence-corrected chi connectivity index (χ4v) is 2.85. The summed E-state index contributed by atoms with van der Waals surface area (Å²) in [5.74, 6) is -0.102. The third-order valence-corrected chi connectivity index (χ3v) is 3.64. The molecule has 3 rings (SSSR count). The molecule has 0 saturated heterocycles. The number of aromatic nitrogens is 2. The summed E-state index contributed by atoms with van der Waals surface area (Å²) in [4.78, 5) is 15.9. The monoisotopic (exact) mass is 261 g/mol. The van der Waals surface area contributed by atoms with E-state index in [9.17, 15) is 4.79 Å². The van der Waals surface area contributed by atoms with Crippen LogP contribution in [0.3, 0.4) is 0 Å². The maximum atomic E-state index is 11.9. The Morgan fingerprint density at radius 1 is 1.39 bits per heavy atom. The first-order valence-corrected chi connectivity index (χ1v) is 6.15. The summed E-state index contributed by atoms with van der Waals surface area (Å²) in [5, 5.41) is 3.34. The smallest absolute Gasteiger partial charge is 0.269 e. The number of hydrogen-bond donors (Lipinski definition) is 1. The minimum atomic E-state index is -0.102. The highest BCUT2D eigenvalue weighted by atomic mass is 35.5. The molecule has 0 bridgehead atoms. The van der Waals surface area contributed by atoms with E-state index in [1.165, 1.54) is 0 Å². The zero-order chi connectivity index (χ0) is 12.7. The second-order valence-corrected chi connectivity index (χ2v) is 4.64. The Morgan fingerprint density at radius 2 is 2.11 bits per heavy atom. The van der Waals surface area contributed by atoms with E-state index in [0.29, 0.717) is 17.3 Å². The van der Waals surface area contributed by atoms with Crippen molar-refractivity contribution in [2.45, 2.75) is 13.5 Å². The van der Waals surface area contributed by atoms with Crippen LogP contribution in [0.25, 0.3) is 11.1 Å². The van der Waals surface area contributed by atoms with Gasteiger partial charge in [0.15, 0.2) is 0 Å². The quantitative estimate of drug-likeness (QED) is 0.856. The third-order valence-electron chi connectivity index (χ3n) is 3.27. The van der Waals surface area contributed by atoms with Crippen molar-refractivity contribution in [3.8, 4) is 11.1 Å². The third kappa shape index (κ3) is 1.53. The first-order valence-electron chi connectivity index (χ1n) is 5.77. The van der Waals surface area contributed by atoms with E-state index in [4.69, 9.17) is 11.6 Å². The molecule has 2 aromatic rings. The fraction of sp³-hybridized carbons (Fsp3) is 0.231. The van der Waals surface area contributed by atoms with Crippen molar-refractivity contribution in [3.63, 3.8) is 0 Å². The zero-order valence-electron chi connectivity index (χ0n) is 9.90. The van der Waals surface area contributed by atoms with Gasteiger partial charge in [0.2, 0.25) is 0 Å². The first kappa shape index (κ1) is 11.3. The largest absolute Gasteiger partial charge is 0.349 e. The van der Waals surface area contributed by atoms with Crippen LogP contribution < -0.4 is 5.32 Å². The molecule has 0 unspecified atom stereocenters. The molecule has 3 heterocycles. The number of halogens is 1. The zero-order valence-corrected chi connectivity index (χ0v) is 10.7. The molecule has 1 aliphatic rings. The number of amides is 1. The summed E-state index contributed by atoms with van der Waals surface area (Å²) in [6.07, 6.45) is 3.45. The normalized spacial score (nSPS) is 14.2. The van der Waals surface area contributed by atoms with Gasteiger partial charge < -0.3 is 9.88 Å². The average Bonchev–Trinajstić information content (AvgIpc) is 2.64. The Hall–Kier alpha value is -1.81. The standard InChI is InChI=1S/C13H12ClN3O/c1-8-10(9-2-4-15-5-3-9)11(14)12-13(18)16-6-7-17(8)12/h2-5H,6-7H2,1H3,(H,16,18). The average molecular weight is 262 g/mol. The highest BCUT2D eigenvalue weighted by Gasteiger charge is 2.27. The number of carbonyl (C=O) groups excluding carboxylic acids is 1. The number of hydrogen-bond acceptors (Lipinski definition) is 2. The number of fused-ring (bicyclic) bond motifs is 1. The molecule has 2 aromatic heterocycles. The summed E-state index contributed by atoms with van der Waals surface area (Å²) < 4.78 is 1.98. The summed E-state index contributed by atoms with van der Waals surface area (Å²) in [6, 6.07) is 3.80. The molecule has 1 amide bonds. The second-order valence-electron chi connectivity index (χ2n) is 4.27. The summed E-state index contributed by atoms with van der Waals surface area (Å²) in [5.41, 5.74) is 3.50. The van der Waals surface area contributed by atoms with Gasteiger partial charge in [0.25, 0.3) is 5.91 Å². The van der Waals surface area contributed by atoms with Gasteiger partial charge in [0.05, 0.1) is 5.02 Å². The molecule has 0 aromatic carbocycles. The topological polar surface area (TPSA) is 46.9 Å². The predicted molar refractivity (Wildman–Crippen MR) is 69.7 cm³/mol. The van der Waals surface area contributed by atoms with E-state index >= 15 is 0 Å². The van der Waals surface area contributed by atoms with Crippen LogP contribution in [-0.4, -0.2) is 22.0 Å². The number of carbonyl (C=O) groups is 1. The fourth-order valence-electron chi connectivity index (χ4n) is 2.42. The molecule has 5 heteroatoms. The Balaban J connectivity index is 2.26. The highest BCUT2D eigenvalue weighted by Crippen LogP contribution is 2.36. The number of pyridine rings is 1. The SMILES string of the molecule is Cc1c(-c2ccncc2)c(Cl)c2n1CCNC2=O. The molecule has 0 radical (unpaired) electrons. The molecule has 0 spiro atoms. The summed E-state index contributed by atoms with van der Waals surface area (Å²) in [6.45, 7) is 3.40. The highest BCUT2D eigenvalue weighted by molar-refractivity contribution is 6.36. The van der Waals surface area contributed by atoms with E-state index < -0.39 is 0 Å². The maximum absolute atomic E-state index is 11.9. The van der Waals surface area contributed by atoms with Crippen LogP contribution in [0.4, 0.5) is 0 Å². The van der Waals surface area contributed by atoms with Crippen LogP contribution in [0, 0.1) is 6.92 Å². The second kappa shape index (κ2) is 4.14. The van der Waals surface area contributed by atoms with Gasteiger partial charge in [-0.1, -0.05) is 11.6 Å². The van der Waals surface area contributed by atoms with Gasteiger partial charge in [0, 0.05) is 36.7 Å². The Bertz CT molecular complexity index is 619. The first-order chi connectivity index (χ1) is 8.70. The van der Waals surface area contributed by atoms with Gasteiger partial charge in [-0.3, -0.25) is 9.78 Å². The minimum Gasteiger partial charge on any atom is -0.349 e. The van der Waals surface area contributed by atoms with E-state index in [-0.39, 0.29) is 5.91 Å². The Morgan fingerprint density at radius 3 is 2.78 bits per heavy atom. The van der Waals surface area contributed by atoms with Crippen molar-refractivity contribution < 1.29 is 4.79 Å². The van der Waals surface area contributed by atoms with Crippen molar-refractivity contribution in [3.05, 3.63) is 40.9 Å². The van der Waals surface area contributed by atoms with Gasteiger partial charge in [-0.15, -0.1) is 0 Å². The minimum absolute atomic E-state index is 0.102. The molecule has 0 fully saturated rings. The van der Waals surface area contributed by atoms with Crippen LogP contribution in [0.5, 0.6) is 0 Å². The van der Waals surface area contributed by atoms with Crippen molar-refractivity contribution in [1.82, 2.24) is 14.9 Å². The number of nitrogens with zero attached hydrogens (tertiary/aromatic N) is 2. The molecular weight excluding hydrogens is 250 g/mol. The van der Waals surface area contributed by atoms with Gasteiger partial charge in [-0.05, 0) is 24.6 Å². The summed E-state index contributed by atoms with van der Waals surface area (Å²) in [7, 11) is 0. The van der Waals surface area contributed by atoms with Crippen molar-refractivity contribution in [2.75, 3.05) is 6.54 Å².